The highest BCUT2D eigenvalue weighted by molar-refractivity contribution is 5.96. The zero-order valence-corrected chi connectivity index (χ0v) is 23.1. The Kier molecular flexibility index (Phi) is 9.25. The molecule has 3 aromatic rings. The third-order valence-electron chi connectivity index (χ3n) is 7.60. The molecule has 1 fully saturated rings. The van der Waals surface area contributed by atoms with E-state index in [9.17, 15) is 19.5 Å². The zero-order chi connectivity index (χ0) is 28.6. The quantitative estimate of drug-likeness (QED) is 0.385. The number of fused-ring (bicyclic) bond motifs is 5. The predicted molar refractivity (Wildman–Crippen MR) is 153 cm³/mol. The summed E-state index contributed by atoms with van der Waals surface area (Å²) in [5, 5.41) is 28.0. The molecule has 3 heterocycles. The van der Waals surface area contributed by atoms with E-state index in [2.05, 4.69) is 26.3 Å². The lowest BCUT2D eigenvalue weighted by molar-refractivity contribution is -0.121. The Morgan fingerprint density at radius 2 is 1.88 bits per heavy atom. The second-order valence-corrected chi connectivity index (χ2v) is 10.8. The van der Waals surface area contributed by atoms with Gasteiger partial charge in [-0.2, -0.15) is 0 Å². The van der Waals surface area contributed by atoms with Crippen molar-refractivity contribution in [3.8, 4) is 16.9 Å². The van der Waals surface area contributed by atoms with Crippen molar-refractivity contribution in [3.05, 3.63) is 65.5 Å². The molecule has 2 aliphatic rings. The topological polar surface area (TPSA) is 141 Å². The number of carbonyl (C=O) groups is 3. The molecule has 0 saturated carbocycles. The number of hydrogen-bond donors (Lipinski definition) is 4. The number of piperidine rings is 1. The van der Waals surface area contributed by atoms with Gasteiger partial charge in [-0.15, -0.1) is 5.10 Å². The number of hydrogen-bond acceptors (Lipinski definition) is 7. The molecule has 0 spiro atoms. The molecule has 216 valence electrons. The highest BCUT2D eigenvalue weighted by Gasteiger charge is 2.23. The van der Waals surface area contributed by atoms with Crippen molar-refractivity contribution in [1.29, 1.82) is 0 Å². The molecule has 41 heavy (non-hydrogen) atoms. The summed E-state index contributed by atoms with van der Waals surface area (Å²) in [5.74, 6) is -0.253. The predicted octanol–water partition coefficient (Wildman–Crippen LogP) is 1.98. The van der Waals surface area contributed by atoms with Crippen molar-refractivity contribution in [2.24, 2.45) is 5.92 Å². The molecule has 3 amide bonds. The Labute approximate surface area is 239 Å². The van der Waals surface area contributed by atoms with E-state index in [1.165, 1.54) is 4.90 Å². The maximum Gasteiger partial charge on any atom is 0.276 e. The number of aromatic nitrogens is 3. The Bertz CT molecular complexity index is 1380. The number of phenolic OH excluding ortho intramolecular Hbond substituents is 1. The van der Waals surface area contributed by atoms with Gasteiger partial charge in [-0.3, -0.25) is 19.1 Å². The second kappa shape index (κ2) is 13.4. The van der Waals surface area contributed by atoms with E-state index < -0.39 is 0 Å². The maximum atomic E-state index is 13.4. The van der Waals surface area contributed by atoms with E-state index in [0.29, 0.717) is 62.5 Å². The monoisotopic (exact) mass is 559 g/mol. The van der Waals surface area contributed by atoms with Crippen LogP contribution in [0.4, 0.5) is 0 Å². The van der Waals surface area contributed by atoms with Crippen LogP contribution in [0.5, 0.6) is 5.75 Å². The van der Waals surface area contributed by atoms with Gasteiger partial charge in [-0.25, -0.2) is 0 Å². The van der Waals surface area contributed by atoms with Gasteiger partial charge in [0.2, 0.25) is 5.91 Å². The number of amides is 3. The fraction of sp³-hybridized carbons (Fsp3) is 0.433. The first kappa shape index (κ1) is 28.3. The van der Waals surface area contributed by atoms with Gasteiger partial charge in [0, 0.05) is 37.3 Å². The van der Waals surface area contributed by atoms with Crippen molar-refractivity contribution < 1.29 is 19.5 Å². The van der Waals surface area contributed by atoms with Crippen LogP contribution >= 0.6 is 0 Å². The van der Waals surface area contributed by atoms with Gasteiger partial charge in [0.1, 0.15) is 5.75 Å². The molecule has 4 bridgehead atoms. The summed E-state index contributed by atoms with van der Waals surface area (Å²) in [7, 11) is 0. The van der Waals surface area contributed by atoms with Crippen LogP contribution < -0.4 is 16.0 Å². The van der Waals surface area contributed by atoms with Gasteiger partial charge in [0.25, 0.3) is 11.8 Å². The van der Waals surface area contributed by atoms with Gasteiger partial charge >= 0.3 is 0 Å². The molecule has 2 aliphatic heterocycles. The summed E-state index contributed by atoms with van der Waals surface area (Å²) in [5.41, 5.74) is 3.00. The third kappa shape index (κ3) is 7.49. The van der Waals surface area contributed by atoms with E-state index in [-0.39, 0.29) is 35.7 Å². The molecule has 1 saturated heterocycles. The minimum atomic E-state index is -0.341. The van der Waals surface area contributed by atoms with Crippen molar-refractivity contribution in [3.63, 3.8) is 0 Å². The highest BCUT2D eigenvalue weighted by atomic mass is 16.3. The molecule has 0 radical (unpaired) electrons. The second-order valence-electron chi connectivity index (χ2n) is 10.8. The average molecular weight is 560 g/mol. The molecule has 2 aromatic carbocycles. The smallest absolute Gasteiger partial charge is 0.276 e. The van der Waals surface area contributed by atoms with E-state index in [1.54, 1.807) is 35.1 Å². The van der Waals surface area contributed by atoms with Crippen LogP contribution in [0.15, 0.2) is 48.7 Å². The highest BCUT2D eigenvalue weighted by Crippen LogP contribution is 2.31. The van der Waals surface area contributed by atoms with E-state index >= 15 is 0 Å². The lowest BCUT2D eigenvalue weighted by Gasteiger charge is -2.22. The third-order valence-corrected chi connectivity index (χ3v) is 7.60. The summed E-state index contributed by atoms with van der Waals surface area (Å²) in [4.78, 5) is 40.6. The standard InChI is InChI=1S/C30H37N7O4/c38-27-9-8-21-10-13-32-28(39)20-36(30(41)26-19-37(35-34-26)18-22-5-4-11-31-17-22)14-2-1-12-33-29(40)24-7-3-6-23(16-24)25(27)15-21/h3,6-9,15-16,19,22,31,38H,1-2,4-5,10-14,17-18,20H2,(H,32,39)(H,33,40). The molecule has 1 aromatic heterocycles. The van der Waals surface area contributed by atoms with Crippen molar-refractivity contribution >= 4 is 17.7 Å². The van der Waals surface area contributed by atoms with Gasteiger partial charge in [0.15, 0.2) is 5.69 Å². The number of phenols is 1. The summed E-state index contributed by atoms with van der Waals surface area (Å²) >= 11 is 0. The normalized spacial score (nSPS) is 19.0. The Morgan fingerprint density at radius 3 is 2.73 bits per heavy atom. The van der Waals surface area contributed by atoms with E-state index in [1.807, 2.05) is 18.2 Å². The first-order valence-corrected chi connectivity index (χ1v) is 14.3. The fourth-order valence-corrected chi connectivity index (χ4v) is 5.35. The first-order chi connectivity index (χ1) is 20.0. The Morgan fingerprint density at radius 1 is 1.00 bits per heavy atom. The number of rotatable bonds is 3. The minimum Gasteiger partial charge on any atom is -0.507 e. The van der Waals surface area contributed by atoms with Gasteiger partial charge in [-0.1, -0.05) is 23.4 Å². The summed E-state index contributed by atoms with van der Waals surface area (Å²) in [6, 6.07) is 12.4. The summed E-state index contributed by atoms with van der Waals surface area (Å²) in [6.07, 6.45) is 5.65. The molecule has 11 nitrogen and oxygen atoms in total. The van der Waals surface area contributed by atoms with Crippen LogP contribution in [0.25, 0.3) is 11.1 Å². The average Bonchev–Trinajstić information content (AvgIpc) is 3.45. The maximum absolute atomic E-state index is 13.4. The Hall–Kier alpha value is -4.25. The number of nitrogens with zero attached hydrogens (tertiary/aromatic N) is 4. The van der Waals surface area contributed by atoms with Gasteiger partial charge in [0.05, 0.1) is 12.7 Å². The lowest BCUT2D eigenvalue weighted by atomic mass is 9.98. The van der Waals surface area contributed by atoms with Crippen LogP contribution in [0, 0.1) is 5.92 Å². The van der Waals surface area contributed by atoms with Crippen molar-refractivity contribution in [2.45, 2.75) is 38.6 Å². The van der Waals surface area contributed by atoms with Crippen LogP contribution in [0.3, 0.4) is 0 Å². The largest absolute Gasteiger partial charge is 0.507 e. The molecule has 4 N–H and O–H groups in total. The molecule has 5 rings (SSSR count). The van der Waals surface area contributed by atoms with Crippen LogP contribution in [-0.4, -0.2) is 82.0 Å². The molecule has 1 atom stereocenters. The number of nitrogens with one attached hydrogen (secondary N) is 3. The first-order valence-electron chi connectivity index (χ1n) is 14.3. The van der Waals surface area contributed by atoms with Crippen LogP contribution in [0.2, 0.25) is 0 Å². The lowest BCUT2D eigenvalue weighted by Crippen LogP contribution is -2.42. The molecule has 1 unspecified atom stereocenters. The fourth-order valence-electron chi connectivity index (χ4n) is 5.35. The molecule has 11 heteroatoms. The molecule has 0 aliphatic carbocycles. The number of carbonyl (C=O) groups excluding carboxylic acids is 3. The number of benzene rings is 2. The summed E-state index contributed by atoms with van der Waals surface area (Å²) in [6.45, 7) is 3.68. The van der Waals surface area contributed by atoms with Crippen LogP contribution in [0.1, 0.15) is 52.1 Å². The molecular formula is C30H37N7O4. The van der Waals surface area contributed by atoms with Gasteiger partial charge in [-0.05, 0) is 86.5 Å². The van der Waals surface area contributed by atoms with Crippen molar-refractivity contribution in [2.75, 3.05) is 39.3 Å². The molecular weight excluding hydrogens is 522 g/mol. The SMILES string of the molecule is O=C1CN(C(=O)c2cn(CC3CCCNC3)nn2)CCCCNC(=O)c2cccc(c2)-c2cc(ccc2O)CCN1. The minimum absolute atomic E-state index is 0.101. The van der Waals surface area contributed by atoms with E-state index in [4.69, 9.17) is 0 Å². The van der Waals surface area contributed by atoms with Crippen LogP contribution in [-0.2, 0) is 17.8 Å². The Balaban J connectivity index is 1.29. The van der Waals surface area contributed by atoms with Crippen molar-refractivity contribution in [1.82, 2.24) is 35.8 Å². The van der Waals surface area contributed by atoms with Gasteiger partial charge < -0.3 is 26.0 Å². The summed E-state index contributed by atoms with van der Waals surface area (Å²) < 4.78 is 1.71. The zero-order valence-electron chi connectivity index (χ0n) is 23.1. The number of aromatic hydroxyl groups is 1. The van der Waals surface area contributed by atoms with E-state index in [0.717, 1.165) is 37.1 Å².